The normalized spacial score (nSPS) is 13.4. The fourth-order valence-corrected chi connectivity index (χ4v) is 3.71. The minimum absolute atomic E-state index is 0.113. The predicted octanol–water partition coefficient (Wildman–Crippen LogP) is 4.80. The van der Waals surface area contributed by atoms with Gasteiger partial charge in [-0.3, -0.25) is 9.59 Å². The molecular formula is C28H43N3O4. The first kappa shape index (κ1) is 30.0. The van der Waals surface area contributed by atoms with Gasteiger partial charge in [0.1, 0.15) is 17.7 Å². The van der Waals surface area contributed by atoms with E-state index in [4.69, 9.17) is 11.2 Å². The van der Waals surface area contributed by atoms with E-state index >= 15 is 0 Å². The monoisotopic (exact) mass is 485 g/mol. The minimum Gasteiger partial charge on any atom is -0.444 e. The summed E-state index contributed by atoms with van der Waals surface area (Å²) in [6.45, 7) is 17.1. The van der Waals surface area contributed by atoms with Gasteiger partial charge in [-0.1, -0.05) is 44.9 Å². The molecule has 1 aromatic rings. The molecular weight excluding hydrogens is 442 g/mol. The highest BCUT2D eigenvalue weighted by Gasteiger charge is 2.37. The van der Waals surface area contributed by atoms with Crippen molar-refractivity contribution >= 4 is 17.9 Å². The molecule has 35 heavy (non-hydrogen) atoms. The number of alkyl carbamates (subject to hydrolysis) is 1. The Bertz CT molecular complexity index is 919. The lowest BCUT2D eigenvalue weighted by atomic mass is 9.95. The summed E-state index contributed by atoms with van der Waals surface area (Å²) in [6.07, 6.45) is 6.09. The molecule has 0 saturated carbocycles. The van der Waals surface area contributed by atoms with Crippen molar-refractivity contribution in [1.29, 1.82) is 0 Å². The van der Waals surface area contributed by atoms with Crippen molar-refractivity contribution in [3.05, 3.63) is 35.4 Å². The zero-order chi connectivity index (χ0) is 27.0. The number of amides is 3. The van der Waals surface area contributed by atoms with Crippen molar-refractivity contribution < 1.29 is 19.1 Å². The van der Waals surface area contributed by atoms with Crippen LogP contribution in [0.3, 0.4) is 0 Å². The number of ether oxygens (including phenoxy) is 1. The number of terminal acetylenes is 1. The van der Waals surface area contributed by atoms with Gasteiger partial charge < -0.3 is 20.3 Å². The molecule has 0 aliphatic heterocycles. The lowest BCUT2D eigenvalue weighted by Crippen LogP contribution is -2.55. The summed E-state index contributed by atoms with van der Waals surface area (Å²) >= 11 is 0. The number of carbonyl (C=O) groups is 3. The molecule has 0 radical (unpaired) electrons. The molecule has 0 aromatic heterocycles. The smallest absolute Gasteiger partial charge is 0.408 e. The van der Waals surface area contributed by atoms with Gasteiger partial charge in [0, 0.05) is 17.6 Å². The summed E-state index contributed by atoms with van der Waals surface area (Å²) in [4.78, 5) is 41.7. The van der Waals surface area contributed by atoms with Crippen LogP contribution >= 0.6 is 0 Å². The molecule has 0 spiro atoms. The standard InChI is InChI=1S/C28H43N3O4/c1-11-17-31(25(33)22(18-19(3)4)29-26(34)35-28(8,9)10)23(24(32)30-27(5,6)7)21-16-14-13-15-20(21)12-2/h2,13-16,19,22-23H,11,17-18H2,1,3-10H3,(H,29,34)(H,30,32). The number of hydrogen-bond acceptors (Lipinski definition) is 4. The zero-order valence-electron chi connectivity index (χ0n) is 22.8. The number of hydrogen-bond donors (Lipinski definition) is 2. The van der Waals surface area contributed by atoms with Crippen molar-refractivity contribution in [2.24, 2.45) is 5.92 Å². The zero-order valence-corrected chi connectivity index (χ0v) is 22.8. The van der Waals surface area contributed by atoms with Crippen LogP contribution in [-0.4, -0.2) is 46.5 Å². The Hall–Kier alpha value is -3.01. The molecule has 0 aliphatic rings. The highest BCUT2D eigenvalue weighted by Crippen LogP contribution is 2.27. The summed E-state index contributed by atoms with van der Waals surface area (Å²) < 4.78 is 5.41. The van der Waals surface area contributed by atoms with E-state index in [-0.39, 0.29) is 17.7 Å². The van der Waals surface area contributed by atoms with Crippen LogP contribution in [0.5, 0.6) is 0 Å². The van der Waals surface area contributed by atoms with E-state index in [0.29, 0.717) is 30.5 Å². The van der Waals surface area contributed by atoms with Crippen molar-refractivity contribution in [2.75, 3.05) is 6.54 Å². The minimum atomic E-state index is -0.955. The number of carbonyl (C=O) groups excluding carboxylic acids is 3. The third-order valence-electron chi connectivity index (χ3n) is 4.91. The lowest BCUT2D eigenvalue weighted by molar-refractivity contribution is -0.143. The first-order chi connectivity index (χ1) is 16.1. The second-order valence-corrected chi connectivity index (χ2v) is 11.2. The third-order valence-corrected chi connectivity index (χ3v) is 4.91. The Balaban J connectivity index is 3.55. The molecule has 0 aliphatic carbocycles. The van der Waals surface area contributed by atoms with Gasteiger partial charge >= 0.3 is 6.09 Å². The van der Waals surface area contributed by atoms with E-state index in [1.807, 2.05) is 41.5 Å². The molecule has 0 saturated heterocycles. The Morgan fingerprint density at radius 3 is 2.17 bits per heavy atom. The molecule has 0 bridgehead atoms. The second-order valence-electron chi connectivity index (χ2n) is 11.2. The van der Waals surface area contributed by atoms with Crippen molar-refractivity contribution in [2.45, 2.75) is 98.4 Å². The van der Waals surface area contributed by atoms with E-state index in [2.05, 4.69) is 16.6 Å². The molecule has 7 nitrogen and oxygen atoms in total. The van der Waals surface area contributed by atoms with E-state index < -0.39 is 29.3 Å². The van der Waals surface area contributed by atoms with Gasteiger partial charge in [-0.2, -0.15) is 0 Å². The predicted molar refractivity (Wildman–Crippen MR) is 140 cm³/mol. The molecule has 194 valence electrons. The summed E-state index contributed by atoms with van der Waals surface area (Å²) in [5.41, 5.74) is -0.123. The first-order valence-corrected chi connectivity index (χ1v) is 12.3. The van der Waals surface area contributed by atoms with Crippen LogP contribution in [0.4, 0.5) is 4.79 Å². The number of nitrogens with zero attached hydrogens (tertiary/aromatic N) is 1. The molecule has 7 heteroatoms. The maximum absolute atomic E-state index is 14.0. The fraction of sp³-hybridized carbons (Fsp3) is 0.607. The topological polar surface area (TPSA) is 87.7 Å². The summed E-state index contributed by atoms with van der Waals surface area (Å²) in [5, 5.41) is 5.74. The molecule has 1 rings (SSSR count). The average Bonchev–Trinajstić information content (AvgIpc) is 2.69. The summed E-state index contributed by atoms with van der Waals surface area (Å²) in [5.74, 6) is 2.07. The quantitative estimate of drug-likeness (QED) is 0.492. The van der Waals surface area contributed by atoms with Gasteiger partial charge in [0.15, 0.2) is 0 Å². The molecule has 2 unspecified atom stereocenters. The largest absolute Gasteiger partial charge is 0.444 e. The fourth-order valence-electron chi connectivity index (χ4n) is 3.71. The lowest BCUT2D eigenvalue weighted by Gasteiger charge is -2.36. The van der Waals surface area contributed by atoms with Crippen molar-refractivity contribution in [3.63, 3.8) is 0 Å². The molecule has 3 amide bonds. The van der Waals surface area contributed by atoms with Crippen molar-refractivity contribution in [3.8, 4) is 12.3 Å². The molecule has 1 aromatic carbocycles. The Kier molecular flexibility index (Phi) is 10.8. The number of rotatable bonds is 9. The third kappa shape index (κ3) is 10.0. The summed E-state index contributed by atoms with van der Waals surface area (Å²) in [6, 6.07) is 5.31. The molecule has 2 N–H and O–H groups in total. The highest BCUT2D eigenvalue weighted by molar-refractivity contribution is 5.92. The van der Waals surface area contributed by atoms with Crippen LogP contribution in [0.2, 0.25) is 0 Å². The Morgan fingerprint density at radius 2 is 1.69 bits per heavy atom. The molecule has 0 heterocycles. The maximum Gasteiger partial charge on any atom is 0.408 e. The van der Waals surface area contributed by atoms with Gasteiger partial charge in [0.05, 0.1) is 0 Å². The van der Waals surface area contributed by atoms with Gasteiger partial charge in [0.25, 0.3) is 0 Å². The van der Waals surface area contributed by atoms with E-state index in [9.17, 15) is 14.4 Å². The van der Waals surface area contributed by atoms with Gasteiger partial charge in [-0.05, 0) is 71.9 Å². The van der Waals surface area contributed by atoms with Crippen LogP contribution in [-0.2, 0) is 14.3 Å². The van der Waals surface area contributed by atoms with E-state index in [0.717, 1.165) is 0 Å². The Labute approximate surface area is 211 Å². The SMILES string of the molecule is C#Cc1ccccc1C(C(=O)NC(C)(C)C)N(CCC)C(=O)C(CC(C)C)NC(=O)OC(C)(C)C. The van der Waals surface area contributed by atoms with Crippen LogP contribution in [0.15, 0.2) is 24.3 Å². The maximum atomic E-state index is 14.0. The van der Waals surface area contributed by atoms with Gasteiger partial charge in [-0.15, -0.1) is 6.42 Å². The number of nitrogens with one attached hydrogen (secondary N) is 2. The second kappa shape index (κ2) is 12.6. The van der Waals surface area contributed by atoms with E-state index in [1.165, 1.54) is 4.90 Å². The molecule has 0 fully saturated rings. The van der Waals surface area contributed by atoms with Gasteiger partial charge in [0.2, 0.25) is 11.8 Å². The molecule has 2 atom stereocenters. The van der Waals surface area contributed by atoms with Gasteiger partial charge in [-0.25, -0.2) is 4.79 Å². The van der Waals surface area contributed by atoms with Crippen LogP contribution in [0.25, 0.3) is 0 Å². The highest BCUT2D eigenvalue weighted by atomic mass is 16.6. The average molecular weight is 486 g/mol. The summed E-state index contributed by atoms with van der Waals surface area (Å²) in [7, 11) is 0. The van der Waals surface area contributed by atoms with E-state index in [1.54, 1.807) is 45.0 Å². The van der Waals surface area contributed by atoms with Crippen LogP contribution in [0, 0.1) is 18.3 Å². The number of benzene rings is 1. The Morgan fingerprint density at radius 1 is 1.09 bits per heavy atom. The van der Waals surface area contributed by atoms with Crippen LogP contribution < -0.4 is 10.6 Å². The van der Waals surface area contributed by atoms with Crippen molar-refractivity contribution in [1.82, 2.24) is 15.5 Å². The first-order valence-electron chi connectivity index (χ1n) is 12.3. The van der Waals surface area contributed by atoms with Crippen LogP contribution in [0.1, 0.15) is 92.3 Å².